The highest BCUT2D eigenvalue weighted by molar-refractivity contribution is 5.91. The zero-order valence-corrected chi connectivity index (χ0v) is 16.6. The van der Waals surface area contributed by atoms with Gasteiger partial charge in [-0.25, -0.2) is 26.2 Å². The van der Waals surface area contributed by atoms with Crippen molar-refractivity contribution in [2.75, 3.05) is 19.2 Å². The first-order valence-corrected chi connectivity index (χ1v) is 8.89. The number of urea groups is 1. The van der Waals surface area contributed by atoms with E-state index in [1.807, 2.05) is 43.3 Å². The number of anilines is 1. The van der Waals surface area contributed by atoms with Crippen LogP contribution in [0.15, 0.2) is 54.7 Å². The summed E-state index contributed by atoms with van der Waals surface area (Å²) in [5.41, 5.74) is 3.09. The van der Waals surface area contributed by atoms with Gasteiger partial charge in [0.2, 0.25) is 5.88 Å². The molecular weight excluding hydrogens is 372 g/mol. The van der Waals surface area contributed by atoms with Gasteiger partial charge in [0.1, 0.15) is 12.4 Å². The van der Waals surface area contributed by atoms with Gasteiger partial charge >= 0.3 is 6.03 Å². The predicted molar refractivity (Wildman–Crippen MR) is 110 cm³/mol. The van der Waals surface area contributed by atoms with Crippen molar-refractivity contribution in [1.82, 2.24) is 14.8 Å². The topological polar surface area (TPSA) is 112 Å². The van der Waals surface area contributed by atoms with E-state index < -0.39 is 6.03 Å². The average Bonchev–Trinajstić information content (AvgIpc) is 3.20. The van der Waals surface area contributed by atoms with Crippen LogP contribution in [0.1, 0.15) is 11.1 Å². The zero-order chi connectivity index (χ0) is 21.0. The van der Waals surface area contributed by atoms with Crippen LogP contribution in [-0.4, -0.2) is 35.0 Å². The predicted octanol–water partition coefficient (Wildman–Crippen LogP) is 2.37. The molecule has 0 bridgehead atoms. The van der Waals surface area contributed by atoms with Gasteiger partial charge in [0, 0.05) is 24.9 Å². The van der Waals surface area contributed by atoms with E-state index in [1.54, 1.807) is 30.1 Å². The van der Waals surface area contributed by atoms with Gasteiger partial charge in [-0.1, -0.05) is 12.1 Å². The fourth-order valence-electron chi connectivity index (χ4n) is 2.78. The molecular formula is C20H24N6O3. The number of benzene rings is 2. The molecule has 1 heterocycles. The van der Waals surface area contributed by atoms with Crippen LogP contribution in [0, 0.1) is 6.92 Å². The van der Waals surface area contributed by atoms with Crippen LogP contribution in [0.4, 0.5) is 10.5 Å². The number of nitrogens with zero attached hydrogens (tertiary/aromatic N) is 4. The Labute approximate surface area is 169 Å². The van der Waals surface area contributed by atoms with Crippen molar-refractivity contribution in [3.05, 3.63) is 65.9 Å². The molecule has 152 valence electrons. The molecule has 0 aliphatic rings. The second kappa shape index (κ2) is 8.63. The molecule has 1 aromatic heterocycles. The Kier molecular flexibility index (Phi) is 6.01. The van der Waals surface area contributed by atoms with Gasteiger partial charge in [-0.05, 0) is 42.8 Å². The highest BCUT2D eigenvalue weighted by atomic mass is 16.5. The molecule has 0 unspecified atom stereocenters. The Morgan fingerprint density at radius 1 is 1.14 bits per heavy atom. The number of carbonyl (C=O) groups is 1. The molecule has 3 rings (SSSR count). The summed E-state index contributed by atoms with van der Waals surface area (Å²) in [5, 5.41) is 6.35. The maximum Gasteiger partial charge on any atom is 0.352 e. The van der Waals surface area contributed by atoms with Crippen LogP contribution >= 0.6 is 0 Å². The monoisotopic (exact) mass is 396 g/mol. The minimum Gasteiger partial charge on any atom is -0.497 e. The molecule has 0 fully saturated rings. The molecule has 0 radical (unpaired) electrons. The van der Waals surface area contributed by atoms with E-state index in [0.29, 0.717) is 11.6 Å². The Morgan fingerprint density at radius 3 is 2.52 bits per heavy atom. The summed E-state index contributed by atoms with van der Waals surface area (Å²) in [6, 6.07) is 14.2. The van der Waals surface area contributed by atoms with Gasteiger partial charge in [-0.3, -0.25) is 5.01 Å². The number of nitrogens with two attached hydrogens (primary N) is 2. The minimum absolute atomic E-state index is 0.191. The molecule has 9 nitrogen and oxygen atoms in total. The molecule has 0 atom stereocenters. The number of hydrogen-bond donors (Lipinski definition) is 2. The number of hydrazine groups is 2. The van der Waals surface area contributed by atoms with Crippen molar-refractivity contribution in [3.63, 3.8) is 0 Å². The van der Waals surface area contributed by atoms with Gasteiger partial charge in [0.25, 0.3) is 0 Å². The number of carbonyl (C=O) groups excluding carboxylic acids is 1. The lowest BCUT2D eigenvalue weighted by Crippen LogP contribution is -2.49. The summed E-state index contributed by atoms with van der Waals surface area (Å²) in [7, 11) is 3.05. The number of aromatic nitrogens is 2. The highest BCUT2D eigenvalue weighted by Gasteiger charge is 2.19. The minimum atomic E-state index is -0.541. The smallest absolute Gasteiger partial charge is 0.352 e. The lowest BCUT2D eigenvalue weighted by molar-refractivity contribution is 0.216. The van der Waals surface area contributed by atoms with E-state index in [-0.39, 0.29) is 6.61 Å². The Bertz CT molecular complexity index is 984. The average molecular weight is 396 g/mol. The summed E-state index contributed by atoms with van der Waals surface area (Å²) >= 11 is 0. The van der Waals surface area contributed by atoms with Gasteiger partial charge < -0.3 is 9.47 Å². The van der Waals surface area contributed by atoms with Crippen LogP contribution in [0.3, 0.4) is 0 Å². The van der Waals surface area contributed by atoms with Crippen LogP contribution in [-0.2, 0) is 6.61 Å². The Balaban J connectivity index is 1.76. The van der Waals surface area contributed by atoms with Crippen LogP contribution < -0.4 is 26.2 Å². The first-order chi connectivity index (χ1) is 13.9. The van der Waals surface area contributed by atoms with E-state index in [9.17, 15) is 4.79 Å². The fourth-order valence-corrected chi connectivity index (χ4v) is 2.78. The van der Waals surface area contributed by atoms with Crippen molar-refractivity contribution in [2.45, 2.75) is 13.5 Å². The second-order valence-electron chi connectivity index (χ2n) is 6.42. The highest BCUT2D eigenvalue weighted by Crippen LogP contribution is 2.24. The molecule has 0 saturated carbocycles. The van der Waals surface area contributed by atoms with E-state index in [4.69, 9.17) is 21.2 Å². The van der Waals surface area contributed by atoms with Crippen LogP contribution in [0.25, 0.3) is 5.69 Å². The van der Waals surface area contributed by atoms with E-state index >= 15 is 0 Å². The molecule has 0 spiro atoms. The summed E-state index contributed by atoms with van der Waals surface area (Å²) in [5.74, 6) is 12.7. The molecule has 0 aliphatic heterocycles. The third-order valence-corrected chi connectivity index (χ3v) is 4.42. The molecule has 0 aliphatic carbocycles. The maximum absolute atomic E-state index is 12.1. The van der Waals surface area contributed by atoms with E-state index in [2.05, 4.69) is 5.10 Å². The summed E-state index contributed by atoms with van der Waals surface area (Å²) < 4.78 is 12.7. The molecule has 9 heteroatoms. The van der Waals surface area contributed by atoms with Gasteiger partial charge in [0.05, 0.1) is 18.5 Å². The van der Waals surface area contributed by atoms with Gasteiger partial charge in [-0.15, -0.1) is 5.10 Å². The normalized spacial score (nSPS) is 10.5. The van der Waals surface area contributed by atoms with Gasteiger partial charge in [0.15, 0.2) is 0 Å². The number of amides is 2. The van der Waals surface area contributed by atoms with Gasteiger partial charge in [-0.2, -0.15) is 0 Å². The largest absolute Gasteiger partial charge is 0.497 e. The standard InChI is InChI=1S/C20H24N6O3/c1-14-5-4-6-18(26(22)20(27)24(2)21)17(14)13-29-19-11-12-25(23-19)15-7-9-16(28-3)10-8-15/h4-12H,13,21-22H2,1-3H3. The third kappa shape index (κ3) is 4.48. The van der Waals surface area contributed by atoms with Crippen molar-refractivity contribution >= 4 is 11.7 Å². The lowest BCUT2D eigenvalue weighted by Gasteiger charge is -2.24. The fraction of sp³-hybridized carbons (Fsp3) is 0.200. The summed E-state index contributed by atoms with van der Waals surface area (Å²) in [4.78, 5) is 12.1. The van der Waals surface area contributed by atoms with Crippen molar-refractivity contribution in [3.8, 4) is 17.3 Å². The maximum atomic E-state index is 12.1. The van der Waals surface area contributed by atoms with E-state index in [1.165, 1.54) is 7.05 Å². The number of ether oxygens (including phenoxy) is 2. The number of rotatable bonds is 6. The lowest BCUT2D eigenvalue weighted by atomic mass is 10.1. The zero-order valence-electron chi connectivity index (χ0n) is 16.6. The quantitative estimate of drug-likeness (QED) is 0.376. The molecule has 2 amide bonds. The first-order valence-electron chi connectivity index (χ1n) is 8.89. The van der Waals surface area contributed by atoms with Crippen LogP contribution in [0.5, 0.6) is 11.6 Å². The molecule has 3 aromatic rings. The number of aryl methyl sites for hydroxylation is 1. The number of hydrogen-bond acceptors (Lipinski definition) is 6. The number of methoxy groups -OCH3 is 1. The third-order valence-electron chi connectivity index (χ3n) is 4.42. The van der Waals surface area contributed by atoms with Crippen molar-refractivity contribution in [2.24, 2.45) is 11.7 Å². The Hall–Kier alpha value is -3.56. The second-order valence-corrected chi connectivity index (χ2v) is 6.42. The van der Waals surface area contributed by atoms with Crippen molar-refractivity contribution in [1.29, 1.82) is 0 Å². The molecule has 4 N–H and O–H groups in total. The SMILES string of the molecule is COc1ccc(-n2ccc(OCc3c(C)cccc3N(N)C(=O)N(C)N)n2)cc1. The van der Waals surface area contributed by atoms with E-state index in [0.717, 1.165) is 32.6 Å². The molecule has 0 saturated heterocycles. The Morgan fingerprint density at radius 2 is 1.86 bits per heavy atom. The summed E-state index contributed by atoms with van der Waals surface area (Å²) in [6.07, 6.45) is 1.80. The summed E-state index contributed by atoms with van der Waals surface area (Å²) in [6.45, 7) is 2.11. The molecule has 29 heavy (non-hydrogen) atoms. The molecule has 2 aromatic carbocycles. The first kappa shape index (κ1) is 20.2. The van der Waals surface area contributed by atoms with Crippen LogP contribution in [0.2, 0.25) is 0 Å². The van der Waals surface area contributed by atoms with Crippen molar-refractivity contribution < 1.29 is 14.3 Å².